The molecular weight excluding hydrogens is 274 g/mol. The van der Waals surface area contributed by atoms with Gasteiger partial charge in [0.15, 0.2) is 0 Å². The Hall–Kier alpha value is -2.21. The number of hydrogen-bond donors (Lipinski definition) is 0. The second kappa shape index (κ2) is 5.42. The van der Waals surface area contributed by atoms with Crippen LogP contribution in [-0.2, 0) is 0 Å². The van der Waals surface area contributed by atoms with E-state index in [1.54, 1.807) is 0 Å². The van der Waals surface area contributed by atoms with E-state index < -0.39 is 0 Å². The molecule has 0 radical (unpaired) electrons. The van der Waals surface area contributed by atoms with Crippen LogP contribution < -0.4 is 14.8 Å². The van der Waals surface area contributed by atoms with E-state index in [4.69, 9.17) is 4.74 Å². The minimum Gasteiger partial charge on any atom is -0.494 e. The lowest BCUT2D eigenvalue weighted by Gasteiger charge is -2.03. The largest absolute Gasteiger partial charge is 0.494 e. The molecule has 0 saturated carbocycles. The second-order valence-corrected chi connectivity index (χ2v) is 5.30. The first-order valence-corrected chi connectivity index (χ1v) is 7.16. The molecule has 0 fully saturated rings. The van der Waals surface area contributed by atoms with Crippen molar-refractivity contribution in [2.75, 3.05) is 6.61 Å². The van der Waals surface area contributed by atoms with Gasteiger partial charge in [0.05, 0.1) is 11.1 Å². The normalized spacial score (nSPS) is 12.2. The Labute approximate surface area is 119 Å². The Balaban J connectivity index is 1.93. The maximum atomic E-state index is 12.0. The van der Waals surface area contributed by atoms with Crippen molar-refractivity contribution in [3.63, 3.8) is 0 Å². The summed E-state index contributed by atoms with van der Waals surface area (Å²) in [5, 5.41) is 3.89. The number of aromatic nitrogens is 3. The number of nitrogens with zero attached hydrogens (tertiary/aromatic N) is 3. The molecule has 2 heterocycles. The van der Waals surface area contributed by atoms with Gasteiger partial charge in [-0.3, -0.25) is 4.79 Å². The molecule has 0 bridgehead atoms. The minimum atomic E-state index is -0.131. The Morgan fingerprint density at radius 3 is 2.85 bits per heavy atom. The lowest BCUT2D eigenvalue weighted by Crippen LogP contribution is -2.23. The third-order valence-electron chi connectivity index (χ3n) is 2.77. The van der Waals surface area contributed by atoms with Gasteiger partial charge in [-0.15, -0.1) is 0 Å². The molecule has 1 aromatic carbocycles. The Bertz CT molecular complexity index is 820. The van der Waals surface area contributed by atoms with E-state index in [1.165, 1.54) is 22.2 Å². The summed E-state index contributed by atoms with van der Waals surface area (Å²) in [6, 6.07) is 7.67. The van der Waals surface area contributed by atoms with Crippen molar-refractivity contribution in [3.8, 4) is 5.75 Å². The van der Waals surface area contributed by atoms with E-state index in [-0.39, 0.29) is 5.56 Å². The summed E-state index contributed by atoms with van der Waals surface area (Å²) in [7, 11) is 0. The molecule has 102 valence electrons. The number of benzene rings is 1. The zero-order valence-corrected chi connectivity index (χ0v) is 11.8. The highest BCUT2D eigenvalue weighted by Gasteiger charge is 2.04. The summed E-state index contributed by atoms with van der Waals surface area (Å²) in [4.78, 5) is 16.7. The van der Waals surface area contributed by atoms with Crippen LogP contribution in [0.3, 0.4) is 0 Å². The molecule has 3 aromatic rings. The molecule has 0 spiro atoms. The molecule has 5 nitrogen and oxygen atoms in total. The maximum absolute atomic E-state index is 12.0. The van der Waals surface area contributed by atoms with Crippen LogP contribution in [0.5, 0.6) is 5.75 Å². The van der Waals surface area contributed by atoms with Crippen LogP contribution in [0.15, 0.2) is 35.4 Å². The standard InChI is InChI=1S/C14H13N3O2S/c1-2-7-19-11-5-3-10(4-6-11)8-12-13(18)17-14(20-12)15-9-16-17/h3-6,8-9H,2,7H2,1H3. The quantitative estimate of drug-likeness (QED) is 0.729. The van der Waals surface area contributed by atoms with Crippen LogP contribution in [0, 0.1) is 0 Å². The van der Waals surface area contributed by atoms with E-state index >= 15 is 0 Å². The number of ether oxygens (including phenoxy) is 1. The fourth-order valence-corrected chi connectivity index (χ4v) is 2.69. The molecular formula is C14H13N3O2S. The van der Waals surface area contributed by atoms with Crippen molar-refractivity contribution < 1.29 is 4.74 Å². The Morgan fingerprint density at radius 1 is 1.35 bits per heavy atom. The van der Waals surface area contributed by atoms with Gasteiger partial charge in [-0.1, -0.05) is 30.4 Å². The fraction of sp³-hybridized carbons (Fsp3) is 0.214. The molecule has 0 aliphatic rings. The first kappa shape index (κ1) is 12.8. The molecule has 0 aliphatic heterocycles. The number of thiazole rings is 1. The lowest BCUT2D eigenvalue weighted by atomic mass is 10.2. The predicted molar refractivity (Wildman–Crippen MR) is 78.1 cm³/mol. The summed E-state index contributed by atoms with van der Waals surface area (Å²) in [5.74, 6) is 0.842. The smallest absolute Gasteiger partial charge is 0.291 e. The molecule has 0 aliphatic carbocycles. The summed E-state index contributed by atoms with van der Waals surface area (Å²) >= 11 is 1.33. The molecule has 0 N–H and O–H groups in total. The van der Waals surface area contributed by atoms with Crippen molar-refractivity contribution in [1.82, 2.24) is 14.6 Å². The first-order valence-electron chi connectivity index (χ1n) is 6.35. The van der Waals surface area contributed by atoms with Gasteiger partial charge in [0.25, 0.3) is 5.56 Å². The summed E-state index contributed by atoms with van der Waals surface area (Å²) in [5.41, 5.74) is 0.823. The van der Waals surface area contributed by atoms with E-state index in [2.05, 4.69) is 17.0 Å². The van der Waals surface area contributed by atoms with Crippen molar-refractivity contribution in [2.24, 2.45) is 0 Å². The van der Waals surface area contributed by atoms with Crippen LogP contribution >= 0.6 is 11.3 Å². The highest BCUT2D eigenvalue weighted by molar-refractivity contribution is 7.15. The zero-order valence-electron chi connectivity index (χ0n) is 10.9. The minimum absolute atomic E-state index is 0.131. The SMILES string of the molecule is CCCOc1ccc(C=c2sc3ncnn3c2=O)cc1. The van der Waals surface area contributed by atoms with Crippen LogP contribution in [0.1, 0.15) is 18.9 Å². The average Bonchev–Trinajstić information content (AvgIpc) is 3.03. The lowest BCUT2D eigenvalue weighted by molar-refractivity contribution is 0.317. The van der Waals surface area contributed by atoms with Crippen LogP contribution in [0.25, 0.3) is 11.0 Å². The monoisotopic (exact) mass is 287 g/mol. The van der Waals surface area contributed by atoms with Crippen molar-refractivity contribution in [3.05, 3.63) is 51.0 Å². The molecule has 3 rings (SSSR count). The molecule has 20 heavy (non-hydrogen) atoms. The van der Waals surface area contributed by atoms with Gasteiger partial charge >= 0.3 is 0 Å². The maximum Gasteiger partial charge on any atom is 0.291 e. The number of rotatable bonds is 4. The first-order chi connectivity index (χ1) is 9.78. The average molecular weight is 287 g/mol. The second-order valence-electron chi connectivity index (χ2n) is 4.29. The van der Waals surface area contributed by atoms with Gasteiger partial charge in [-0.2, -0.15) is 9.61 Å². The van der Waals surface area contributed by atoms with Gasteiger partial charge in [0.2, 0.25) is 4.96 Å². The van der Waals surface area contributed by atoms with Gasteiger partial charge in [0.1, 0.15) is 12.1 Å². The van der Waals surface area contributed by atoms with E-state index in [9.17, 15) is 4.79 Å². The van der Waals surface area contributed by atoms with Crippen molar-refractivity contribution in [2.45, 2.75) is 13.3 Å². The van der Waals surface area contributed by atoms with Crippen molar-refractivity contribution >= 4 is 22.4 Å². The Morgan fingerprint density at radius 2 is 2.15 bits per heavy atom. The van der Waals surface area contributed by atoms with E-state index in [1.807, 2.05) is 30.3 Å². The fourth-order valence-electron chi connectivity index (χ4n) is 1.81. The highest BCUT2D eigenvalue weighted by Crippen LogP contribution is 2.13. The summed E-state index contributed by atoms with van der Waals surface area (Å²) in [6.07, 6.45) is 4.21. The zero-order chi connectivity index (χ0) is 13.9. The van der Waals surface area contributed by atoms with E-state index in [0.29, 0.717) is 16.1 Å². The molecule has 0 atom stereocenters. The number of hydrogen-bond acceptors (Lipinski definition) is 5. The predicted octanol–water partition coefficient (Wildman–Crippen LogP) is 1.49. The third-order valence-corrected chi connectivity index (χ3v) is 3.74. The molecule has 6 heteroatoms. The molecule has 0 saturated heterocycles. The van der Waals surface area contributed by atoms with Gasteiger partial charge < -0.3 is 4.74 Å². The third kappa shape index (κ3) is 2.42. The molecule has 2 aromatic heterocycles. The number of fused-ring (bicyclic) bond motifs is 1. The summed E-state index contributed by atoms with van der Waals surface area (Å²) in [6.45, 7) is 2.78. The van der Waals surface area contributed by atoms with Crippen LogP contribution in [-0.4, -0.2) is 21.2 Å². The molecule has 0 unspecified atom stereocenters. The topological polar surface area (TPSA) is 56.5 Å². The molecule has 0 amide bonds. The van der Waals surface area contributed by atoms with Crippen LogP contribution in [0.4, 0.5) is 0 Å². The van der Waals surface area contributed by atoms with Crippen LogP contribution in [0.2, 0.25) is 0 Å². The highest BCUT2D eigenvalue weighted by atomic mass is 32.1. The van der Waals surface area contributed by atoms with Gasteiger partial charge in [-0.25, -0.2) is 4.98 Å². The van der Waals surface area contributed by atoms with Gasteiger partial charge in [-0.05, 0) is 30.2 Å². The van der Waals surface area contributed by atoms with Gasteiger partial charge in [0, 0.05) is 0 Å². The Kier molecular flexibility index (Phi) is 3.47. The van der Waals surface area contributed by atoms with E-state index in [0.717, 1.165) is 17.7 Å². The summed E-state index contributed by atoms with van der Waals surface area (Å²) < 4.78 is 7.46. The van der Waals surface area contributed by atoms with Crippen molar-refractivity contribution in [1.29, 1.82) is 0 Å².